The molecule has 2 aromatic rings. The Morgan fingerprint density at radius 1 is 1.13 bits per heavy atom. The number of aliphatic carboxylic acids is 1. The number of hydrogen-bond donors (Lipinski definition) is 2. The van der Waals surface area contributed by atoms with E-state index in [0.717, 1.165) is 4.90 Å². The van der Waals surface area contributed by atoms with Gasteiger partial charge in [0.25, 0.3) is 11.1 Å². The van der Waals surface area contributed by atoms with Gasteiger partial charge in [0.05, 0.1) is 28.7 Å². The van der Waals surface area contributed by atoms with Crippen molar-refractivity contribution in [2.45, 2.75) is 20.3 Å². The van der Waals surface area contributed by atoms with Crippen LogP contribution in [0.15, 0.2) is 41.3 Å². The van der Waals surface area contributed by atoms with Crippen LogP contribution in [0.5, 0.6) is 11.5 Å². The predicted octanol–water partition coefficient (Wildman–Crippen LogP) is 4.44. The van der Waals surface area contributed by atoms with Gasteiger partial charge in [0.1, 0.15) is 6.54 Å². The number of benzene rings is 2. The van der Waals surface area contributed by atoms with Gasteiger partial charge in [-0.25, -0.2) is 9.59 Å². The molecule has 2 aromatic carbocycles. The topological polar surface area (TPSA) is 149 Å². The quantitative estimate of drug-likeness (QED) is 0.274. The monoisotopic (exact) mass is 576 g/mol. The van der Waals surface area contributed by atoms with E-state index < -0.39 is 42.1 Å². The van der Waals surface area contributed by atoms with Crippen molar-refractivity contribution in [3.8, 4) is 11.5 Å². The molecule has 0 saturated carbocycles. The summed E-state index contributed by atoms with van der Waals surface area (Å²) in [7, 11) is 0. The van der Waals surface area contributed by atoms with Crippen molar-refractivity contribution in [2.24, 2.45) is 0 Å². The Labute approximate surface area is 233 Å². The lowest BCUT2D eigenvalue weighted by Gasteiger charge is -2.14. The first kappa shape index (κ1) is 29.5. The molecular formula is C26H25ClN2O9S. The molecule has 1 saturated heterocycles. The third-order valence-corrected chi connectivity index (χ3v) is 6.26. The zero-order valence-corrected chi connectivity index (χ0v) is 22.6. The fraction of sp³-hybridized carbons (Fsp3) is 0.269. The number of nitrogens with one attached hydrogen (secondary N) is 1. The van der Waals surface area contributed by atoms with Gasteiger partial charge in [-0.15, -0.1) is 0 Å². The van der Waals surface area contributed by atoms with Gasteiger partial charge in [0.15, 0.2) is 18.1 Å². The maximum Gasteiger partial charge on any atom is 0.341 e. The normalized spacial score (nSPS) is 13.9. The van der Waals surface area contributed by atoms with E-state index in [1.54, 1.807) is 25.1 Å². The molecule has 206 valence electrons. The highest BCUT2D eigenvalue weighted by molar-refractivity contribution is 8.18. The number of carbonyl (C=O) groups excluding carboxylic acids is 4. The lowest BCUT2D eigenvalue weighted by Crippen LogP contribution is -2.36. The summed E-state index contributed by atoms with van der Waals surface area (Å²) < 4.78 is 16.0. The second-order valence-corrected chi connectivity index (χ2v) is 9.34. The number of halogens is 1. The number of amides is 3. The molecule has 39 heavy (non-hydrogen) atoms. The number of rotatable bonds is 12. The van der Waals surface area contributed by atoms with E-state index in [9.17, 15) is 24.0 Å². The summed E-state index contributed by atoms with van der Waals surface area (Å²) in [6.45, 7) is 2.86. The van der Waals surface area contributed by atoms with E-state index in [4.69, 9.17) is 30.9 Å². The van der Waals surface area contributed by atoms with Crippen LogP contribution in [-0.2, 0) is 19.1 Å². The summed E-state index contributed by atoms with van der Waals surface area (Å²) in [6, 6.07) is 9.01. The van der Waals surface area contributed by atoms with Crippen LogP contribution in [0.25, 0.3) is 6.08 Å². The summed E-state index contributed by atoms with van der Waals surface area (Å²) in [4.78, 5) is 62.2. The highest BCUT2D eigenvalue weighted by Crippen LogP contribution is 2.37. The molecule has 13 heteroatoms. The van der Waals surface area contributed by atoms with Crippen molar-refractivity contribution in [3.63, 3.8) is 0 Å². The first-order valence-corrected chi connectivity index (χ1v) is 13.0. The lowest BCUT2D eigenvalue weighted by molar-refractivity contribution is -0.139. The van der Waals surface area contributed by atoms with Gasteiger partial charge >= 0.3 is 11.9 Å². The molecule has 3 amide bonds. The van der Waals surface area contributed by atoms with Gasteiger partial charge in [-0.1, -0.05) is 30.7 Å². The number of carboxylic acids is 1. The standard InChI is InChI=1S/C26H25ClN2O9S/c1-3-10-37-25(34)17-12-16(8-9-18(17)27)28-21(30)13-29-24(33)20(39-26(29)35)11-15-6-5-7-19(36-4-2)23(15)38-14-22(31)32/h5-9,11-12H,3-4,10,13-14H2,1-2H3,(H,28,30)(H,31,32)/b20-11-. The molecule has 0 spiro atoms. The third-order valence-electron chi connectivity index (χ3n) is 5.02. The molecule has 0 unspecified atom stereocenters. The SMILES string of the molecule is CCCOC(=O)c1cc(NC(=O)CN2C(=O)S/C(=C\c3cccc(OCC)c3OCC(=O)O)C2=O)ccc1Cl. The molecule has 1 fully saturated rings. The number of hydrogen-bond acceptors (Lipinski definition) is 9. The van der Waals surface area contributed by atoms with Crippen LogP contribution in [-0.4, -0.2) is 65.4 Å². The number of esters is 1. The fourth-order valence-corrected chi connectivity index (χ4v) is 4.38. The number of ether oxygens (including phenoxy) is 3. The van der Waals surface area contributed by atoms with Crippen molar-refractivity contribution in [1.82, 2.24) is 4.90 Å². The molecule has 0 bridgehead atoms. The summed E-state index contributed by atoms with van der Waals surface area (Å²) in [5, 5.41) is 11.0. The second-order valence-electron chi connectivity index (χ2n) is 7.94. The molecule has 1 aliphatic rings. The largest absolute Gasteiger partial charge is 0.490 e. The smallest absolute Gasteiger partial charge is 0.341 e. The van der Waals surface area contributed by atoms with Gasteiger partial charge in [0, 0.05) is 11.3 Å². The first-order valence-electron chi connectivity index (χ1n) is 11.8. The average molecular weight is 577 g/mol. The molecule has 11 nitrogen and oxygen atoms in total. The molecule has 1 heterocycles. The summed E-state index contributed by atoms with van der Waals surface area (Å²) in [5.41, 5.74) is 0.608. The highest BCUT2D eigenvalue weighted by Gasteiger charge is 2.36. The van der Waals surface area contributed by atoms with Crippen LogP contribution in [0.2, 0.25) is 5.02 Å². The van der Waals surface area contributed by atoms with E-state index in [1.165, 1.54) is 24.3 Å². The van der Waals surface area contributed by atoms with Crippen LogP contribution in [0, 0.1) is 0 Å². The van der Waals surface area contributed by atoms with E-state index in [1.807, 2.05) is 6.92 Å². The minimum absolute atomic E-state index is 0.00840. The minimum Gasteiger partial charge on any atom is -0.490 e. The van der Waals surface area contributed by atoms with E-state index >= 15 is 0 Å². The van der Waals surface area contributed by atoms with Crippen molar-refractivity contribution < 1.29 is 43.3 Å². The third kappa shape index (κ3) is 7.74. The number of para-hydroxylation sites is 1. The predicted molar refractivity (Wildman–Crippen MR) is 144 cm³/mol. The molecule has 1 aliphatic heterocycles. The molecule has 0 aromatic heterocycles. The van der Waals surface area contributed by atoms with E-state index in [2.05, 4.69) is 5.32 Å². The molecule has 0 atom stereocenters. The van der Waals surface area contributed by atoms with E-state index in [-0.39, 0.29) is 45.9 Å². The zero-order chi connectivity index (χ0) is 28.5. The Morgan fingerprint density at radius 2 is 1.90 bits per heavy atom. The molecule has 0 radical (unpaired) electrons. The number of anilines is 1. The number of carbonyl (C=O) groups is 5. The Balaban J connectivity index is 1.75. The fourth-order valence-electron chi connectivity index (χ4n) is 3.36. The van der Waals surface area contributed by atoms with Crippen LogP contribution >= 0.6 is 23.4 Å². The molecule has 3 rings (SSSR count). The average Bonchev–Trinajstić information content (AvgIpc) is 3.15. The number of carboxylic acid groups (broad SMARTS) is 1. The maximum absolute atomic E-state index is 13.0. The van der Waals surface area contributed by atoms with Crippen LogP contribution in [0.1, 0.15) is 36.2 Å². The van der Waals surface area contributed by atoms with Gasteiger partial charge in [-0.3, -0.25) is 19.3 Å². The summed E-state index contributed by atoms with van der Waals surface area (Å²) >= 11 is 6.69. The van der Waals surface area contributed by atoms with Crippen LogP contribution in [0.4, 0.5) is 10.5 Å². The minimum atomic E-state index is -1.20. The maximum atomic E-state index is 13.0. The molecule has 2 N–H and O–H groups in total. The summed E-state index contributed by atoms with van der Waals surface area (Å²) in [5.74, 6) is -2.88. The van der Waals surface area contributed by atoms with Crippen molar-refractivity contribution in [1.29, 1.82) is 0 Å². The Kier molecular flexibility index (Phi) is 10.4. The van der Waals surface area contributed by atoms with Crippen LogP contribution in [0.3, 0.4) is 0 Å². The number of thioether (sulfide) groups is 1. The Bertz CT molecular complexity index is 1330. The number of nitrogens with zero attached hydrogens (tertiary/aromatic N) is 1. The number of imide groups is 1. The van der Waals surface area contributed by atoms with Gasteiger partial charge < -0.3 is 24.6 Å². The lowest BCUT2D eigenvalue weighted by atomic mass is 10.1. The summed E-state index contributed by atoms with van der Waals surface area (Å²) in [6.07, 6.45) is 2.00. The molecular weight excluding hydrogens is 552 g/mol. The van der Waals surface area contributed by atoms with E-state index in [0.29, 0.717) is 23.7 Å². The highest BCUT2D eigenvalue weighted by atomic mass is 35.5. The van der Waals surface area contributed by atoms with Gasteiger partial charge in [-0.05, 0) is 55.4 Å². The van der Waals surface area contributed by atoms with Gasteiger partial charge in [-0.2, -0.15) is 0 Å². The molecule has 0 aliphatic carbocycles. The van der Waals surface area contributed by atoms with Crippen molar-refractivity contribution in [2.75, 3.05) is 31.7 Å². The Morgan fingerprint density at radius 3 is 2.59 bits per heavy atom. The van der Waals surface area contributed by atoms with Gasteiger partial charge in [0.2, 0.25) is 5.91 Å². The second kappa shape index (κ2) is 13.7. The van der Waals surface area contributed by atoms with Crippen molar-refractivity contribution >= 4 is 64.1 Å². The Hall–Kier alpha value is -4.03. The first-order chi connectivity index (χ1) is 18.6. The zero-order valence-electron chi connectivity index (χ0n) is 21.0. The van der Waals surface area contributed by atoms with Crippen LogP contribution < -0.4 is 14.8 Å². The van der Waals surface area contributed by atoms with Crippen molar-refractivity contribution in [3.05, 3.63) is 57.5 Å².